The zero-order chi connectivity index (χ0) is 23.4. The van der Waals surface area contributed by atoms with Gasteiger partial charge in [0.1, 0.15) is 24.0 Å². The van der Waals surface area contributed by atoms with Crippen LogP contribution in [0.5, 0.6) is 0 Å². The molecular weight excluding hydrogens is 424 g/mol. The van der Waals surface area contributed by atoms with E-state index in [-0.39, 0.29) is 47.9 Å². The monoisotopic (exact) mass is 445 g/mol. The number of esters is 2. The summed E-state index contributed by atoms with van der Waals surface area (Å²) in [5, 5.41) is 0. The Kier molecular flexibility index (Phi) is 6.87. The van der Waals surface area contributed by atoms with Crippen LogP contribution in [0.4, 0.5) is 8.78 Å². The van der Waals surface area contributed by atoms with Crippen LogP contribution in [0, 0.1) is 11.6 Å². The molecule has 0 bridgehead atoms. The van der Waals surface area contributed by atoms with Gasteiger partial charge < -0.3 is 18.8 Å². The molecule has 1 atom stereocenters. The van der Waals surface area contributed by atoms with Gasteiger partial charge in [-0.3, -0.25) is 4.79 Å². The molecule has 2 aromatic rings. The molecule has 3 rings (SSSR count). The first-order valence-electron chi connectivity index (χ1n) is 9.68. The van der Waals surface area contributed by atoms with Gasteiger partial charge in [-0.1, -0.05) is 18.7 Å². The second kappa shape index (κ2) is 9.59. The molecule has 0 aliphatic carbocycles. The molecule has 0 spiro atoms. The first kappa shape index (κ1) is 22.9. The van der Waals surface area contributed by atoms with Crippen molar-refractivity contribution in [3.05, 3.63) is 83.0 Å². The minimum atomic E-state index is -0.959. The predicted molar refractivity (Wildman–Crippen MR) is 108 cm³/mol. The van der Waals surface area contributed by atoms with Crippen LogP contribution in [0.25, 0.3) is 0 Å². The average molecular weight is 445 g/mol. The Morgan fingerprint density at radius 2 is 2.00 bits per heavy atom. The van der Waals surface area contributed by atoms with Crippen LogP contribution in [0.2, 0.25) is 0 Å². The summed E-state index contributed by atoms with van der Waals surface area (Å²) in [4.78, 5) is 38.7. The van der Waals surface area contributed by atoms with E-state index in [1.807, 2.05) is 0 Å². The Balaban J connectivity index is 2.01. The molecule has 7 nitrogen and oxygen atoms in total. The van der Waals surface area contributed by atoms with Gasteiger partial charge in [-0.05, 0) is 30.7 Å². The minimum Gasteiger partial charge on any atom is -0.463 e. The first-order chi connectivity index (χ1) is 15.3. The van der Waals surface area contributed by atoms with Gasteiger partial charge in [-0.2, -0.15) is 0 Å². The van der Waals surface area contributed by atoms with Crippen LogP contribution in [0.3, 0.4) is 0 Å². The molecule has 1 amide bonds. The third-order valence-electron chi connectivity index (χ3n) is 5.08. The highest BCUT2D eigenvalue weighted by molar-refractivity contribution is 5.96. The molecule has 1 unspecified atom stereocenters. The van der Waals surface area contributed by atoms with E-state index in [1.165, 1.54) is 43.2 Å². The summed E-state index contributed by atoms with van der Waals surface area (Å²) in [5.41, 5.74) is 0.312. The lowest BCUT2D eigenvalue weighted by molar-refractivity contribution is -0.139. The van der Waals surface area contributed by atoms with Crippen molar-refractivity contribution in [3.63, 3.8) is 0 Å². The lowest BCUT2D eigenvalue weighted by Gasteiger charge is -2.34. The second-order valence-corrected chi connectivity index (χ2v) is 7.05. The summed E-state index contributed by atoms with van der Waals surface area (Å²) in [6.07, 6.45) is 1.13. The molecule has 168 valence electrons. The number of furan rings is 1. The van der Waals surface area contributed by atoms with Gasteiger partial charge in [0.25, 0.3) is 0 Å². The molecule has 0 radical (unpaired) electrons. The van der Waals surface area contributed by atoms with Gasteiger partial charge in [0.15, 0.2) is 0 Å². The molecule has 0 fully saturated rings. The van der Waals surface area contributed by atoms with E-state index >= 15 is 0 Å². The molecular formula is C23H21F2NO6. The Bertz CT molecular complexity index is 1100. The average Bonchev–Trinajstić information content (AvgIpc) is 3.23. The Morgan fingerprint density at radius 3 is 2.66 bits per heavy atom. The Hall–Kier alpha value is -3.75. The fraction of sp³-hybridized carbons (Fsp3) is 0.261. The topological polar surface area (TPSA) is 86.1 Å². The van der Waals surface area contributed by atoms with Crippen LogP contribution in [-0.2, 0) is 25.6 Å². The summed E-state index contributed by atoms with van der Waals surface area (Å²) in [7, 11) is 1.21. The lowest BCUT2D eigenvalue weighted by Crippen LogP contribution is -2.38. The highest BCUT2D eigenvalue weighted by Gasteiger charge is 2.38. The van der Waals surface area contributed by atoms with E-state index in [2.05, 4.69) is 11.3 Å². The van der Waals surface area contributed by atoms with Gasteiger partial charge >= 0.3 is 11.9 Å². The third kappa shape index (κ3) is 4.61. The van der Waals surface area contributed by atoms with Crippen LogP contribution in [0.1, 0.15) is 41.1 Å². The number of rotatable bonds is 7. The number of halogens is 2. The molecule has 9 heteroatoms. The molecule has 1 aromatic heterocycles. The number of carbonyl (C=O) groups excluding carboxylic acids is 3. The maximum absolute atomic E-state index is 14.5. The van der Waals surface area contributed by atoms with E-state index in [1.54, 1.807) is 0 Å². The van der Waals surface area contributed by atoms with Crippen molar-refractivity contribution >= 4 is 17.8 Å². The summed E-state index contributed by atoms with van der Waals surface area (Å²) in [5.74, 6) is -4.19. The lowest BCUT2D eigenvalue weighted by atomic mass is 9.83. The number of benzene rings is 1. The molecule has 32 heavy (non-hydrogen) atoms. The number of amides is 1. The Labute approximate surface area is 182 Å². The van der Waals surface area contributed by atoms with Crippen LogP contribution in [0.15, 0.2) is 58.7 Å². The van der Waals surface area contributed by atoms with E-state index in [4.69, 9.17) is 9.15 Å². The Morgan fingerprint density at radius 1 is 1.25 bits per heavy atom. The van der Waals surface area contributed by atoms with Gasteiger partial charge in [0, 0.05) is 24.1 Å². The number of nitrogens with zero attached hydrogens (tertiary/aromatic N) is 1. The van der Waals surface area contributed by atoms with Crippen LogP contribution >= 0.6 is 0 Å². The normalized spacial score (nSPS) is 16.2. The smallest absolute Gasteiger partial charge is 0.373 e. The van der Waals surface area contributed by atoms with Crippen molar-refractivity contribution in [2.24, 2.45) is 0 Å². The number of hydrogen-bond donors (Lipinski definition) is 0. The van der Waals surface area contributed by atoms with Crippen molar-refractivity contribution in [2.45, 2.75) is 25.8 Å². The standard InChI is InChI=1S/C23H21F2NO6/c1-4-9-31-23(29)21-13(2)26(12-15-6-8-19(32-15)22(28)30-3)20(27)11-17(21)16-7-5-14(24)10-18(16)25/h4-8,10,17H,1,9,11-12H2,2-3H3. The summed E-state index contributed by atoms with van der Waals surface area (Å²) < 4.78 is 43.1. The molecule has 2 heterocycles. The van der Waals surface area contributed by atoms with Crippen LogP contribution < -0.4 is 0 Å². The van der Waals surface area contributed by atoms with Gasteiger partial charge in [0.05, 0.1) is 19.2 Å². The molecule has 0 saturated heterocycles. The zero-order valence-corrected chi connectivity index (χ0v) is 17.5. The zero-order valence-electron chi connectivity index (χ0n) is 17.5. The van der Waals surface area contributed by atoms with E-state index < -0.39 is 35.4 Å². The quantitative estimate of drug-likeness (QED) is 0.475. The van der Waals surface area contributed by atoms with E-state index in [0.29, 0.717) is 6.07 Å². The van der Waals surface area contributed by atoms with Crippen molar-refractivity contribution in [2.75, 3.05) is 13.7 Å². The molecule has 0 N–H and O–H groups in total. The summed E-state index contributed by atoms with van der Waals surface area (Å²) >= 11 is 0. The fourth-order valence-electron chi connectivity index (χ4n) is 3.56. The third-order valence-corrected chi connectivity index (χ3v) is 5.08. The van der Waals surface area contributed by atoms with E-state index in [9.17, 15) is 23.2 Å². The number of hydrogen-bond acceptors (Lipinski definition) is 6. The molecule has 0 saturated carbocycles. The van der Waals surface area contributed by atoms with Crippen molar-refractivity contribution < 1.29 is 37.1 Å². The SMILES string of the molecule is C=CCOC(=O)C1=C(C)N(Cc2ccc(C(=O)OC)o2)C(=O)CC1c1ccc(F)cc1F. The van der Waals surface area contributed by atoms with Gasteiger partial charge in [-0.25, -0.2) is 18.4 Å². The molecule has 1 aromatic carbocycles. The number of allylic oxidation sites excluding steroid dienone is 1. The van der Waals surface area contributed by atoms with Crippen molar-refractivity contribution in [1.82, 2.24) is 4.90 Å². The summed E-state index contributed by atoms with van der Waals surface area (Å²) in [6, 6.07) is 5.89. The number of ether oxygens (including phenoxy) is 2. The summed E-state index contributed by atoms with van der Waals surface area (Å²) in [6.45, 7) is 4.87. The second-order valence-electron chi connectivity index (χ2n) is 7.05. The number of carbonyl (C=O) groups is 3. The maximum atomic E-state index is 14.5. The predicted octanol–water partition coefficient (Wildman–Crippen LogP) is 3.86. The minimum absolute atomic E-state index is 0.00952. The molecule has 1 aliphatic rings. The molecule has 1 aliphatic heterocycles. The first-order valence-corrected chi connectivity index (χ1v) is 9.68. The fourth-order valence-corrected chi connectivity index (χ4v) is 3.56. The maximum Gasteiger partial charge on any atom is 0.373 e. The largest absolute Gasteiger partial charge is 0.463 e. The highest BCUT2D eigenvalue weighted by Crippen LogP contribution is 2.39. The van der Waals surface area contributed by atoms with Crippen molar-refractivity contribution in [1.29, 1.82) is 0 Å². The van der Waals surface area contributed by atoms with E-state index in [0.717, 1.165) is 6.07 Å². The van der Waals surface area contributed by atoms with Gasteiger partial charge in [0.2, 0.25) is 11.7 Å². The van der Waals surface area contributed by atoms with Gasteiger partial charge in [-0.15, -0.1) is 0 Å². The van der Waals surface area contributed by atoms with Crippen molar-refractivity contribution in [3.8, 4) is 0 Å². The highest BCUT2D eigenvalue weighted by atomic mass is 19.1. The van der Waals surface area contributed by atoms with Crippen LogP contribution in [-0.4, -0.2) is 36.5 Å². The number of methoxy groups -OCH3 is 1.